The maximum Gasteiger partial charge on any atom is 0.251 e. The number of aliphatic hydroxyl groups excluding tert-OH is 1. The molecule has 78 valence electrons. The van der Waals surface area contributed by atoms with Crippen LogP contribution in [0.4, 0.5) is 0 Å². The van der Waals surface area contributed by atoms with Crippen LogP contribution in [0.5, 0.6) is 0 Å². The average molecular weight is 189 g/mol. The van der Waals surface area contributed by atoms with Gasteiger partial charge in [0.1, 0.15) is 0 Å². The third-order valence-corrected chi connectivity index (χ3v) is 2.16. The van der Waals surface area contributed by atoms with E-state index in [0.29, 0.717) is 6.42 Å². The molecular weight excluding hydrogens is 170 g/mol. The van der Waals surface area contributed by atoms with Crippen molar-refractivity contribution in [3.05, 3.63) is 0 Å². The Morgan fingerprint density at radius 2 is 2.00 bits per heavy atom. The van der Waals surface area contributed by atoms with Crippen molar-refractivity contribution in [2.75, 3.05) is 6.61 Å². The molecule has 0 rings (SSSR count). The Kier molecular flexibility index (Phi) is 5.66. The SMILES string of the molecule is CCCCCCC(O)(CO)C(N)=O. The van der Waals surface area contributed by atoms with Crippen LogP contribution in [0.3, 0.4) is 0 Å². The van der Waals surface area contributed by atoms with Gasteiger partial charge in [0.15, 0.2) is 5.60 Å². The maximum absolute atomic E-state index is 10.7. The van der Waals surface area contributed by atoms with E-state index in [4.69, 9.17) is 10.8 Å². The molecule has 4 heteroatoms. The highest BCUT2D eigenvalue weighted by atomic mass is 16.3. The summed E-state index contributed by atoms with van der Waals surface area (Å²) in [5.41, 5.74) is 3.23. The van der Waals surface area contributed by atoms with Gasteiger partial charge < -0.3 is 15.9 Å². The molecule has 0 aromatic carbocycles. The van der Waals surface area contributed by atoms with E-state index in [9.17, 15) is 9.90 Å². The van der Waals surface area contributed by atoms with Crippen LogP contribution in [0.25, 0.3) is 0 Å². The molecular formula is C9H19NO3. The molecule has 1 amide bonds. The van der Waals surface area contributed by atoms with Crippen molar-refractivity contribution in [2.45, 2.75) is 44.6 Å². The second-order valence-electron chi connectivity index (χ2n) is 3.36. The number of aliphatic hydroxyl groups is 2. The summed E-state index contributed by atoms with van der Waals surface area (Å²) in [6, 6.07) is 0. The predicted molar refractivity (Wildman–Crippen MR) is 50.0 cm³/mol. The van der Waals surface area contributed by atoms with E-state index in [-0.39, 0.29) is 6.42 Å². The number of primary amides is 1. The fourth-order valence-electron chi connectivity index (χ4n) is 1.12. The molecule has 0 aliphatic rings. The second-order valence-corrected chi connectivity index (χ2v) is 3.36. The number of unbranched alkanes of at least 4 members (excludes halogenated alkanes) is 3. The zero-order chi connectivity index (χ0) is 10.3. The second kappa shape index (κ2) is 5.94. The predicted octanol–water partition coefficient (Wildman–Crippen LogP) is 0.165. The van der Waals surface area contributed by atoms with Gasteiger partial charge in [0.05, 0.1) is 6.61 Å². The number of hydrogen-bond donors (Lipinski definition) is 3. The van der Waals surface area contributed by atoms with Crippen LogP contribution in [-0.2, 0) is 4.79 Å². The molecule has 0 saturated heterocycles. The van der Waals surface area contributed by atoms with Gasteiger partial charge in [-0.3, -0.25) is 4.79 Å². The van der Waals surface area contributed by atoms with Crippen molar-refractivity contribution in [1.29, 1.82) is 0 Å². The molecule has 0 heterocycles. The third-order valence-electron chi connectivity index (χ3n) is 2.16. The molecule has 0 aliphatic heterocycles. The van der Waals surface area contributed by atoms with Crippen molar-refractivity contribution in [2.24, 2.45) is 5.73 Å². The Labute approximate surface area is 78.7 Å². The monoisotopic (exact) mass is 189 g/mol. The summed E-state index contributed by atoms with van der Waals surface area (Å²) >= 11 is 0. The van der Waals surface area contributed by atoms with E-state index >= 15 is 0 Å². The molecule has 1 unspecified atom stereocenters. The Morgan fingerprint density at radius 1 is 1.38 bits per heavy atom. The number of carbonyl (C=O) groups is 1. The zero-order valence-electron chi connectivity index (χ0n) is 8.12. The van der Waals surface area contributed by atoms with Crippen LogP contribution in [0.2, 0.25) is 0 Å². The lowest BCUT2D eigenvalue weighted by Crippen LogP contribution is -2.46. The molecule has 4 nitrogen and oxygen atoms in total. The molecule has 0 aliphatic carbocycles. The van der Waals surface area contributed by atoms with Crippen LogP contribution in [0.15, 0.2) is 0 Å². The Hall–Kier alpha value is -0.610. The van der Waals surface area contributed by atoms with E-state index in [1.807, 2.05) is 0 Å². The first kappa shape index (κ1) is 12.4. The summed E-state index contributed by atoms with van der Waals surface area (Å²) in [6.45, 7) is 1.49. The summed E-state index contributed by atoms with van der Waals surface area (Å²) in [7, 11) is 0. The van der Waals surface area contributed by atoms with Gasteiger partial charge in [-0.15, -0.1) is 0 Å². The molecule has 1 atom stereocenters. The molecule has 0 saturated carbocycles. The van der Waals surface area contributed by atoms with Crippen molar-refractivity contribution < 1.29 is 15.0 Å². The third kappa shape index (κ3) is 4.24. The standard InChI is InChI=1S/C9H19NO3/c1-2-3-4-5-6-9(13,7-11)8(10)12/h11,13H,2-7H2,1H3,(H2,10,12). The van der Waals surface area contributed by atoms with Gasteiger partial charge in [-0.1, -0.05) is 26.2 Å². The number of carbonyl (C=O) groups excluding carboxylic acids is 1. The Bertz CT molecular complexity index is 161. The quantitative estimate of drug-likeness (QED) is 0.499. The lowest BCUT2D eigenvalue weighted by molar-refractivity contribution is -0.141. The summed E-state index contributed by atoms with van der Waals surface area (Å²) in [6.07, 6.45) is 4.08. The normalized spacial score (nSPS) is 15.3. The number of nitrogens with two attached hydrogens (primary N) is 1. The maximum atomic E-state index is 10.7. The molecule has 0 bridgehead atoms. The van der Waals surface area contributed by atoms with Gasteiger partial charge in [-0.25, -0.2) is 0 Å². The van der Waals surface area contributed by atoms with Gasteiger partial charge in [0, 0.05) is 0 Å². The molecule has 4 N–H and O–H groups in total. The lowest BCUT2D eigenvalue weighted by atomic mass is 9.96. The largest absolute Gasteiger partial charge is 0.393 e. The van der Waals surface area contributed by atoms with Crippen molar-refractivity contribution >= 4 is 5.91 Å². The minimum atomic E-state index is -1.71. The first-order valence-corrected chi connectivity index (χ1v) is 4.70. The van der Waals surface area contributed by atoms with Crippen molar-refractivity contribution in [1.82, 2.24) is 0 Å². The molecule has 0 radical (unpaired) electrons. The van der Waals surface area contributed by atoms with Crippen LogP contribution in [0.1, 0.15) is 39.0 Å². The van der Waals surface area contributed by atoms with Crippen molar-refractivity contribution in [3.63, 3.8) is 0 Å². The minimum absolute atomic E-state index is 0.249. The van der Waals surface area contributed by atoms with Crippen LogP contribution in [-0.4, -0.2) is 28.3 Å². The molecule has 0 fully saturated rings. The van der Waals surface area contributed by atoms with Crippen LogP contribution < -0.4 is 5.73 Å². The van der Waals surface area contributed by atoms with Gasteiger partial charge in [-0.05, 0) is 12.8 Å². The highest BCUT2D eigenvalue weighted by Crippen LogP contribution is 2.14. The van der Waals surface area contributed by atoms with Crippen molar-refractivity contribution in [3.8, 4) is 0 Å². The van der Waals surface area contributed by atoms with E-state index in [1.54, 1.807) is 0 Å². The van der Waals surface area contributed by atoms with Gasteiger partial charge in [-0.2, -0.15) is 0 Å². The smallest absolute Gasteiger partial charge is 0.251 e. The first-order valence-electron chi connectivity index (χ1n) is 4.70. The summed E-state index contributed by atoms with van der Waals surface area (Å²) in [5.74, 6) is -0.841. The molecule has 0 aromatic heterocycles. The number of hydrogen-bond acceptors (Lipinski definition) is 3. The summed E-state index contributed by atoms with van der Waals surface area (Å²) in [5, 5.41) is 18.2. The Morgan fingerprint density at radius 3 is 2.38 bits per heavy atom. The van der Waals surface area contributed by atoms with Gasteiger partial charge >= 0.3 is 0 Å². The average Bonchev–Trinajstić information content (AvgIpc) is 2.12. The first-order chi connectivity index (χ1) is 6.06. The van der Waals surface area contributed by atoms with E-state index in [2.05, 4.69) is 6.92 Å². The fourth-order valence-corrected chi connectivity index (χ4v) is 1.12. The minimum Gasteiger partial charge on any atom is -0.393 e. The number of amides is 1. The summed E-state index contributed by atoms with van der Waals surface area (Å²) in [4.78, 5) is 10.7. The van der Waals surface area contributed by atoms with Gasteiger partial charge in [0.25, 0.3) is 5.91 Å². The van der Waals surface area contributed by atoms with Crippen LogP contribution in [0, 0.1) is 0 Å². The van der Waals surface area contributed by atoms with E-state index in [1.165, 1.54) is 0 Å². The molecule has 13 heavy (non-hydrogen) atoms. The topological polar surface area (TPSA) is 83.6 Å². The van der Waals surface area contributed by atoms with Gasteiger partial charge in [0.2, 0.25) is 0 Å². The van der Waals surface area contributed by atoms with E-state index in [0.717, 1.165) is 19.3 Å². The fraction of sp³-hybridized carbons (Fsp3) is 0.889. The lowest BCUT2D eigenvalue weighted by Gasteiger charge is -2.21. The molecule has 0 aromatic rings. The molecule has 0 spiro atoms. The van der Waals surface area contributed by atoms with E-state index < -0.39 is 18.1 Å². The number of rotatable bonds is 7. The van der Waals surface area contributed by atoms with Crippen LogP contribution >= 0.6 is 0 Å². The zero-order valence-corrected chi connectivity index (χ0v) is 8.12. The highest BCUT2D eigenvalue weighted by molar-refractivity contribution is 5.83. The summed E-state index contributed by atoms with van der Waals surface area (Å²) < 4.78 is 0. The Balaban J connectivity index is 3.78. The highest BCUT2D eigenvalue weighted by Gasteiger charge is 2.31.